The highest BCUT2D eigenvalue weighted by atomic mass is 32.2. The molecule has 1 nitrogen and oxygen atoms in total. The number of hydrogen-bond donors (Lipinski definition) is 0. The normalized spacial score (nSPS) is 24.4. The van der Waals surface area contributed by atoms with Crippen molar-refractivity contribution in [2.75, 3.05) is 4.90 Å². The van der Waals surface area contributed by atoms with E-state index in [0.717, 1.165) is 32.1 Å². The van der Waals surface area contributed by atoms with Gasteiger partial charge in [0.25, 0.3) is 0 Å². The molecule has 5 unspecified atom stereocenters. The molecule has 296 valence electrons. The van der Waals surface area contributed by atoms with Gasteiger partial charge in [0.15, 0.2) is 0 Å². The van der Waals surface area contributed by atoms with Gasteiger partial charge in [0, 0.05) is 49.4 Å². The predicted octanol–water partition coefficient (Wildman–Crippen LogP) is 13.7. The molecule has 5 aromatic rings. The number of thiophene rings is 1. The molecule has 1 aliphatic heterocycles. The van der Waals surface area contributed by atoms with E-state index < -0.39 is 0 Å². The van der Waals surface area contributed by atoms with Gasteiger partial charge in [-0.1, -0.05) is 176 Å². The quantitative estimate of drug-likeness (QED) is 0.161. The van der Waals surface area contributed by atoms with E-state index in [1.165, 1.54) is 86.2 Å². The van der Waals surface area contributed by atoms with Gasteiger partial charge in [-0.05, 0) is 106 Å². The van der Waals surface area contributed by atoms with Crippen LogP contribution in [0.25, 0.3) is 38.6 Å². The third kappa shape index (κ3) is 6.53. The Morgan fingerprint density at radius 1 is 0.607 bits per heavy atom. The molecule has 3 heteroatoms. The van der Waals surface area contributed by atoms with Crippen LogP contribution in [-0.2, 0) is 0 Å². The zero-order valence-corrected chi connectivity index (χ0v) is 35.8. The number of benzene rings is 4. The van der Waals surface area contributed by atoms with Gasteiger partial charge < -0.3 is 4.90 Å². The van der Waals surface area contributed by atoms with Crippen molar-refractivity contribution in [1.82, 2.24) is 0 Å². The van der Waals surface area contributed by atoms with E-state index in [-0.39, 0.29) is 6.04 Å². The van der Waals surface area contributed by atoms with Crippen LogP contribution in [0.5, 0.6) is 0 Å². The zero-order chi connectivity index (χ0) is 40.3. The molecule has 2 heterocycles. The highest BCUT2D eigenvalue weighted by molar-refractivity contribution is 8.00. The SMILES string of the molecule is C1=CC2=C(c3ccccc3)C=CC(C3=CCC(N(C4=c5sc6c(C7=CCCC=C7)cccc6c5=CCC4)c4ccc(C5=CC6Sc7ccccc7C6C=C5)cc4)C=C3)C2C=C1. The van der Waals surface area contributed by atoms with Crippen molar-refractivity contribution in [2.24, 2.45) is 11.8 Å². The first kappa shape index (κ1) is 36.9. The molecule has 0 bridgehead atoms. The molecule has 0 saturated carbocycles. The minimum Gasteiger partial charge on any atom is -0.336 e. The van der Waals surface area contributed by atoms with Crippen LogP contribution in [0.15, 0.2) is 204 Å². The molecule has 1 aromatic heterocycles. The topological polar surface area (TPSA) is 3.24 Å². The highest BCUT2D eigenvalue weighted by Gasteiger charge is 2.33. The monoisotopic (exact) mass is 821 g/mol. The van der Waals surface area contributed by atoms with Crippen LogP contribution in [-0.4, -0.2) is 11.3 Å². The number of allylic oxidation sites excluding steroid dienone is 17. The van der Waals surface area contributed by atoms with Crippen molar-refractivity contribution < 1.29 is 0 Å². The average molecular weight is 822 g/mol. The van der Waals surface area contributed by atoms with Crippen molar-refractivity contribution in [3.63, 3.8) is 0 Å². The van der Waals surface area contributed by atoms with Crippen LogP contribution >= 0.6 is 23.1 Å². The summed E-state index contributed by atoms with van der Waals surface area (Å²) in [6.45, 7) is 0. The first-order valence-electron chi connectivity index (χ1n) is 22.1. The second-order valence-corrected chi connectivity index (χ2v) is 19.4. The second kappa shape index (κ2) is 15.5. The molecule has 12 rings (SSSR count). The van der Waals surface area contributed by atoms with Crippen molar-refractivity contribution in [1.29, 1.82) is 0 Å². The van der Waals surface area contributed by atoms with Crippen LogP contribution in [0.2, 0.25) is 0 Å². The fourth-order valence-electron chi connectivity index (χ4n) is 10.7. The van der Waals surface area contributed by atoms with Crippen LogP contribution in [0.3, 0.4) is 0 Å². The van der Waals surface area contributed by atoms with Crippen LogP contribution in [0.1, 0.15) is 60.3 Å². The van der Waals surface area contributed by atoms with Gasteiger partial charge in [-0.3, -0.25) is 0 Å². The van der Waals surface area contributed by atoms with E-state index in [1.54, 1.807) is 0 Å². The third-order valence-electron chi connectivity index (χ3n) is 13.7. The van der Waals surface area contributed by atoms with Crippen LogP contribution < -0.4 is 14.7 Å². The minimum absolute atomic E-state index is 0.205. The molecule has 0 N–H and O–H groups in total. The van der Waals surface area contributed by atoms with E-state index in [1.807, 2.05) is 23.1 Å². The third-order valence-corrected chi connectivity index (χ3v) is 16.3. The lowest BCUT2D eigenvalue weighted by molar-refractivity contribution is 0.611. The Balaban J connectivity index is 0.916. The van der Waals surface area contributed by atoms with Gasteiger partial charge in [0.1, 0.15) is 0 Å². The molecule has 0 amide bonds. The summed E-state index contributed by atoms with van der Waals surface area (Å²) in [5.41, 5.74) is 15.0. The summed E-state index contributed by atoms with van der Waals surface area (Å²) in [5.74, 6) is 1.09. The van der Waals surface area contributed by atoms with Crippen molar-refractivity contribution in [2.45, 2.75) is 54.2 Å². The summed E-state index contributed by atoms with van der Waals surface area (Å²) < 4.78 is 2.84. The Bertz CT molecular complexity index is 3040. The number of thioether (sulfide) groups is 1. The number of fused-ring (bicyclic) bond motifs is 7. The highest BCUT2D eigenvalue weighted by Crippen LogP contribution is 2.50. The zero-order valence-electron chi connectivity index (χ0n) is 34.2. The first-order chi connectivity index (χ1) is 30.2. The minimum atomic E-state index is 0.205. The lowest BCUT2D eigenvalue weighted by Gasteiger charge is -2.37. The van der Waals surface area contributed by atoms with Gasteiger partial charge in [-0.2, -0.15) is 0 Å². The fraction of sp³-hybridized carbons (Fsp3) is 0.172. The summed E-state index contributed by atoms with van der Waals surface area (Å²) in [7, 11) is 0. The smallest absolute Gasteiger partial charge is 0.0557 e. The van der Waals surface area contributed by atoms with E-state index in [0.29, 0.717) is 23.0 Å². The van der Waals surface area contributed by atoms with Crippen molar-refractivity contribution >= 4 is 67.4 Å². The number of nitrogens with zero attached hydrogens (tertiary/aromatic N) is 1. The van der Waals surface area contributed by atoms with E-state index in [9.17, 15) is 0 Å². The van der Waals surface area contributed by atoms with Crippen LogP contribution in [0, 0.1) is 11.8 Å². The lowest BCUT2D eigenvalue weighted by Crippen LogP contribution is -2.40. The summed E-state index contributed by atoms with van der Waals surface area (Å²) in [6.07, 6.45) is 43.7. The molecule has 0 saturated heterocycles. The molecular formula is C58H47NS2. The van der Waals surface area contributed by atoms with Crippen LogP contribution in [0.4, 0.5) is 5.69 Å². The molecule has 61 heavy (non-hydrogen) atoms. The maximum Gasteiger partial charge on any atom is 0.0557 e. The largest absolute Gasteiger partial charge is 0.336 e. The maximum atomic E-state index is 2.71. The molecule has 0 spiro atoms. The van der Waals surface area contributed by atoms with Crippen molar-refractivity contribution in [3.05, 3.63) is 231 Å². The fourth-order valence-corrected chi connectivity index (χ4v) is 13.5. The molecule has 5 atom stereocenters. The van der Waals surface area contributed by atoms with Crippen molar-refractivity contribution in [3.8, 4) is 0 Å². The Kier molecular flexibility index (Phi) is 9.42. The second-order valence-electron chi connectivity index (χ2n) is 17.2. The summed E-state index contributed by atoms with van der Waals surface area (Å²) >= 11 is 4.02. The number of hydrogen-bond acceptors (Lipinski definition) is 3. The summed E-state index contributed by atoms with van der Waals surface area (Å²) in [5, 5.41) is 3.26. The van der Waals surface area contributed by atoms with Gasteiger partial charge >= 0.3 is 0 Å². The Hall–Kier alpha value is -5.87. The van der Waals surface area contributed by atoms with E-state index in [2.05, 4.69) is 199 Å². The lowest BCUT2D eigenvalue weighted by atomic mass is 9.72. The molecular weight excluding hydrogens is 775 g/mol. The molecule has 4 aromatic carbocycles. The van der Waals surface area contributed by atoms with Gasteiger partial charge in [0.05, 0.1) is 10.6 Å². The molecule has 0 radical (unpaired) electrons. The molecule has 0 fully saturated rings. The van der Waals surface area contributed by atoms with Gasteiger partial charge in [-0.25, -0.2) is 0 Å². The standard InChI is InChI=1S/C58H47NS2/c1-3-13-39(14-4-1)45-35-36-46(49-18-8-7-17-48(45)49)41-27-32-44(33-28-41)59(43-30-25-38(26-31-43)42-29-34-51-50-19-9-10-24-55(50)60-56(51)37-42)54-23-12-22-53-52-21-11-20-47(57(52)61-58(53)54)40-15-5-2-6-16-40/h1,3-5,7-11,13-22,24-32,34-37,44,46,49,51,56H,2,6,12,23,33H2. The Morgan fingerprint density at radius 3 is 2.36 bits per heavy atom. The Labute approximate surface area is 367 Å². The first-order valence-corrected chi connectivity index (χ1v) is 23.8. The maximum absolute atomic E-state index is 2.71. The summed E-state index contributed by atoms with van der Waals surface area (Å²) in [4.78, 5) is 4.13. The summed E-state index contributed by atoms with van der Waals surface area (Å²) in [6, 6.07) is 36.5. The number of rotatable bonds is 7. The predicted molar refractivity (Wildman–Crippen MR) is 263 cm³/mol. The molecule has 7 aliphatic rings. The van der Waals surface area contributed by atoms with E-state index >= 15 is 0 Å². The average Bonchev–Trinajstić information content (AvgIpc) is 3.91. The van der Waals surface area contributed by atoms with E-state index in [4.69, 9.17) is 0 Å². The number of anilines is 1. The molecule has 6 aliphatic carbocycles. The van der Waals surface area contributed by atoms with Gasteiger partial charge in [-0.15, -0.1) is 23.1 Å². The van der Waals surface area contributed by atoms with Gasteiger partial charge in [0.2, 0.25) is 0 Å². The Morgan fingerprint density at radius 2 is 1.49 bits per heavy atom.